The van der Waals surface area contributed by atoms with Crippen molar-refractivity contribution in [3.05, 3.63) is 191 Å². The van der Waals surface area contributed by atoms with Crippen LogP contribution in [0.15, 0.2) is 167 Å². The molecule has 1 aliphatic carbocycles. The minimum absolute atomic E-state index is 0.0151. The third-order valence-electron chi connectivity index (χ3n) is 13.0. The van der Waals surface area contributed by atoms with Crippen molar-refractivity contribution in [2.45, 2.75) is 66.2 Å². The van der Waals surface area contributed by atoms with Crippen molar-refractivity contribution in [2.24, 2.45) is 0 Å². The molecule has 10 aromatic rings. The Kier molecular flexibility index (Phi) is 8.84. The Hall–Kier alpha value is -7.37. The van der Waals surface area contributed by atoms with Crippen LogP contribution in [-0.4, -0.2) is 5.78 Å². The molecule has 8 aromatic carbocycles. The summed E-state index contributed by atoms with van der Waals surface area (Å²) in [4.78, 5) is 20.2. The van der Waals surface area contributed by atoms with E-state index in [2.05, 4.69) is 193 Å². The predicted octanol–water partition coefficient (Wildman–Crippen LogP) is 16.8. The molecular weight excluding hydrogens is 785 g/mol. The Morgan fingerprint density at radius 2 is 0.875 bits per heavy atom. The van der Waals surface area contributed by atoms with Gasteiger partial charge in [-0.25, -0.2) is 0 Å². The first kappa shape index (κ1) is 39.5. The molecule has 0 unspecified atom stereocenters. The maximum absolute atomic E-state index is 15.7. The fourth-order valence-corrected chi connectivity index (χ4v) is 9.73. The van der Waals surface area contributed by atoms with Crippen molar-refractivity contribution >= 4 is 83.8 Å². The molecule has 0 spiro atoms. The molecule has 5 nitrogen and oxygen atoms in total. The molecular formula is C59H50N2O3. The lowest BCUT2D eigenvalue weighted by molar-refractivity contribution is 0.104. The van der Waals surface area contributed by atoms with Gasteiger partial charge in [-0.2, -0.15) is 0 Å². The fourth-order valence-electron chi connectivity index (χ4n) is 9.73. The first-order valence-electron chi connectivity index (χ1n) is 22.2. The number of ketones is 1. The van der Waals surface area contributed by atoms with E-state index in [1.807, 2.05) is 30.3 Å². The Labute approximate surface area is 374 Å². The first-order chi connectivity index (χ1) is 30.7. The van der Waals surface area contributed by atoms with Gasteiger partial charge in [-0.05, 0) is 120 Å². The average molecular weight is 835 g/mol. The molecule has 0 atom stereocenters. The van der Waals surface area contributed by atoms with Gasteiger partial charge in [0.1, 0.15) is 16.7 Å². The van der Waals surface area contributed by atoms with Gasteiger partial charge in [0, 0.05) is 61.2 Å². The zero-order valence-electron chi connectivity index (χ0n) is 37.6. The second kappa shape index (κ2) is 14.3. The molecule has 0 N–H and O–H groups in total. The zero-order valence-corrected chi connectivity index (χ0v) is 37.6. The van der Waals surface area contributed by atoms with Crippen LogP contribution >= 0.6 is 0 Å². The van der Waals surface area contributed by atoms with Crippen LogP contribution in [0.2, 0.25) is 0 Å². The number of benzene rings is 8. The van der Waals surface area contributed by atoms with Crippen molar-refractivity contribution in [3.8, 4) is 11.1 Å². The van der Waals surface area contributed by atoms with Crippen molar-refractivity contribution in [2.75, 3.05) is 9.80 Å². The number of carbonyl (C=O) groups excluding carboxylic acids is 1. The van der Waals surface area contributed by atoms with E-state index in [9.17, 15) is 0 Å². The van der Waals surface area contributed by atoms with Crippen LogP contribution < -0.4 is 9.80 Å². The van der Waals surface area contributed by atoms with Crippen LogP contribution in [0.3, 0.4) is 0 Å². The second-order valence-electron chi connectivity index (χ2n) is 19.5. The number of carbonyl (C=O) groups is 1. The van der Waals surface area contributed by atoms with E-state index >= 15 is 4.79 Å². The molecule has 0 aliphatic heterocycles. The number of fused-ring (bicyclic) bond motifs is 11. The second-order valence-corrected chi connectivity index (χ2v) is 19.5. The summed E-state index contributed by atoms with van der Waals surface area (Å²) >= 11 is 0. The third-order valence-corrected chi connectivity index (χ3v) is 13.0. The maximum Gasteiger partial charge on any atom is 0.194 e. The molecule has 2 aromatic heterocycles. The molecule has 11 rings (SSSR count). The van der Waals surface area contributed by atoms with Crippen LogP contribution in [0.5, 0.6) is 0 Å². The van der Waals surface area contributed by atoms with Gasteiger partial charge in [-0.1, -0.05) is 126 Å². The normalized spacial score (nSPS) is 12.7. The summed E-state index contributed by atoms with van der Waals surface area (Å²) in [5, 5.41) is 3.76. The highest BCUT2D eigenvalue weighted by Crippen LogP contribution is 2.56. The number of hydrogen-bond donors (Lipinski definition) is 0. The highest BCUT2D eigenvalue weighted by molar-refractivity contribution is 6.35. The van der Waals surface area contributed by atoms with E-state index in [0.717, 1.165) is 89.1 Å². The van der Waals surface area contributed by atoms with Gasteiger partial charge in [0.25, 0.3) is 0 Å². The lowest BCUT2D eigenvalue weighted by Gasteiger charge is -2.28. The number of rotatable bonds is 6. The molecule has 2 heterocycles. The fraction of sp³-hybridized carbons (Fsp3) is 0.169. The molecule has 0 radical (unpaired) electrons. The monoisotopic (exact) mass is 834 g/mol. The largest absolute Gasteiger partial charge is 0.455 e. The van der Waals surface area contributed by atoms with E-state index in [0.29, 0.717) is 22.3 Å². The van der Waals surface area contributed by atoms with Crippen LogP contribution in [0.25, 0.3) is 55.0 Å². The van der Waals surface area contributed by atoms with Crippen molar-refractivity contribution in [3.63, 3.8) is 0 Å². The molecule has 64 heavy (non-hydrogen) atoms. The van der Waals surface area contributed by atoms with Gasteiger partial charge in [0.05, 0.1) is 16.8 Å². The highest BCUT2D eigenvalue weighted by Gasteiger charge is 2.38. The Morgan fingerprint density at radius 1 is 0.422 bits per heavy atom. The number of nitrogens with zero attached hydrogens (tertiary/aromatic N) is 2. The summed E-state index contributed by atoms with van der Waals surface area (Å²) in [6, 6.07) is 55.2. The van der Waals surface area contributed by atoms with Crippen molar-refractivity contribution < 1.29 is 13.6 Å². The van der Waals surface area contributed by atoms with Crippen LogP contribution in [-0.2, 0) is 10.8 Å². The van der Waals surface area contributed by atoms with E-state index in [-0.39, 0.29) is 16.6 Å². The summed E-state index contributed by atoms with van der Waals surface area (Å²) < 4.78 is 14.0. The van der Waals surface area contributed by atoms with Crippen LogP contribution in [0.4, 0.5) is 34.1 Å². The SMILES string of the molecule is Cc1cccc(N(c2ccc(C(C)(C)C)cc2)c2cc3c(c4c2oc2ccccc24)-c2c(cc(N(c4ccc(C(C)(C)C)cc4)c4cccc(C)c4)c4c2oc2ccccc24)C3=O)c1. The van der Waals surface area contributed by atoms with Crippen molar-refractivity contribution in [1.29, 1.82) is 0 Å². The van der Waals surface area contributed by atoms with Gasteiger partial charge < -0.3 is 18.6 Å². The Balaban J connectivity index is 1.23. The lowest BCUT2D eigenvalue weighted by atomic mass is 9.87. The number of para-hydroxylation sites is 2. The number of aryl methyl sites for hydroxylation is 2. The average Bonchev–Trinajstić information content (AvgIpc) is 3.94. The number of furan rings is 2. The molecule has 0 saturated heterocycles. The van der Waals surface area contributed by atoms with Crippen molar-refractivity contribution in [1.82, 2.24) is 0 Å². The maximum atomic E-state index is 15.7. The Bertz CT molecular complexity index is 3500. The zero-order chi connectivity index (χ0) is 44.2. The first-order valence-corrected chi connectivity index (χ1v) is 22.2. The quantitative estimate of drug-likeness (QED) is 0.167. The number of hydrogen-bond acceptors (Lipinski definition) is 5. The van der Waals surface area contributed by atoms with Gasteiger partial charge in [0.2, 0.25) is 0 Å². The molecule has 0 fully saturated rings. The topological polar surface area (TPSA) is 49.8 Å². The van der Waals surface area contributed by atoms with E-state index < -0.39 is 0 Å². The smallest absolute Gasteiger partial charge is 0.194 e. The van der Waals surface area contributed by atoms with Gasteiger partial charge in [-0.3, -0.25) is 4.79 Å². The molecule has 1 aliphatic rings. The van der Waals surface area contributed by atoms with E-state index in [1.165, 1.54) is 11.1 Å². The molecule has 0 bridgehead atoms. The molecule has 0 saturated carbocycles. The lowest BCUT2D eigenvalue weighted by Crippen LogP contribution is -2.14. The molecule has 0 amide bonds. The van der Waals surface area contributed by atoms with Gasteiger partial charge in [-0.15, -0.1) is 0 Å². The Morgan fingerprint density at radius 3 is 1.39 bits per heavy atom. The molecule has 314 valence electrons. The summed E-state index contributed by atoms with van der Waals surface area (Å²) in [7, 11) is 0. The van der Waals surface area contributed by atoms with E-state index in [4.69, 9.17) is 8.83 Å². The summed E-state index contributed by atoms with van der Waals surface area (Å²) in [5.41, 5.74) is 16.1. The third kappa shape index (κ3) is 6.24. The predicted molar refractivity (Wildman–Crippen MR) is 266 cm³/mol. The summed E-state index contributed by atoms with van der Waals surface area (Å²) in [6.45, 7) is 17.6. The minimum atomic E-state index is -0.0541. The van der Waals surface area contributed by atoms with Crippen LogP contribution in [0, 0.1) is 13.8 Å². The summed E-state index contributed by atoms with van der Waals surface area (Å²) in [5.74, 6) is -0.0541. The molecule has 5 heteroatoms. The highest BCUT2D eigenvalue weighted by atomic mass is 16.3. The van der Waals surface area contributed by atoms with E-state index in [1.54, 1.807) is 0 Å². The number of anilines is 6. The van der Waals surface area contributed by atoms with Crippen LogP contribution in [0.1, 0.15) is 79.7 Å². The standard InChI is InChI=1S/C59H50N2O3/c1-35-15-13-17-41(31-35)60(39-27-23-37(24-28-39)58(3,4)5)47-33-46-54(57-51(47)43-19-9-11-21-49(43)64-57)52-45(55(46)62)34-48(56-53(52)44-20-10-12-22-50(44)63-56)61(42-18-14-16-36(2)32-42)40-29-25-38(26-30-40)59(6,7)8/h9-34H,1-8H3. The van der Waals surface area contributed by atoms with Gasteiger partial charge in [0.15, 0.2) is 11.4 Å². The summed E-state index contributed by atoms with van der Waals surface area (Å²) in [6.07, 6.45) is 0. The van der Waals surface area contributed by atoms with Gasteiger partial charge >= 0.3 is 0 Å². The minimum Gasteiger partial charge on any atom is -0.455 e.